The minimum absolute atomic E-state index is 0.0496. The number of ether oxygens (including phenoxy) is 1. The van der Waals surface area contributed by atoms with Crippen molar-refractivity contribution in [3.63, 3.8) is 0 Å². The van der Waals surface area contributed by atoms with Gasteiger partial charge in [-0.05, 0) is 23.3 Å². The van der Waals surface area contributed by atoms with Crippen LogP contribution in [0.25, 0.3) is 0 Å². The van der Waals surface area contributed by atoms with Crippen molar-refractivity contribution in [2.75, 3.05) is 19.4 Å². The molecule has 0 saturated heterocycles. The predicted octanol–water partition coefficient (Wildman–Crippen LogP) is 3.29. The normalized spacial score (nSPS) is 10.2. The van der Waals surface area contributed by atoms with Crippen LogP contribution in [0.1, 0.15) is 11.1 Å². The second kappa shape index (κ2) is 9.15. The number of hydrogen-bond acceptors (Lipinski definition) is 3. The second-order valence-electron chi connectivity index (χ2n) is 4.92. The molecular formula is C18H21NO2S. The Morgan fingerprint density at radius 1 is 1.09 bits per heavy atom. The maximum Gasteiger partial charge on any atom is 0.224 e. The van der Waals surface area contributed by atoms with Gasteiger partial charge in [0.15, 0.2) is 0 Å². The molecule has 2 aromatic rings. The van der Waals surface area contributed by atoms with Gasteiger partial charge in [0, 0.05) is 18.1 Å². The fourth-order valence-corrected chi connectivity index (χ4v) is 2.88. The number of methoxy groups -OCH3 is 1. The van der Waals surface area contributed by atoms with Gasteiger partial charge in [0.25, 0.3) is 0 Å². The maximum atomic E-state index is 11.9. The molecule has 0 aliphatic heterocycles. The molecule has 0 radical (unpaired) electrons. The maximum absolute atomic E-state index is 11.9. The van der Waals surface area contributed by atoms with Crippen molar-refractivity contribution >= 4 is 17.7 Å². The number of rotatable bonds is 8. The Labute approximate surface area is 136 Å². The molecule has 1 amide bonds. The fraction of sp³-hybridized carbons (Fsp3) is 0.278. The third-order valence-corrected chi connectivity index (χ3v) is 4.21. The van der Waals surface area contributed by atoms with Gasteiger partial charge in [-0.1, -0.05) is 42.5 Å². The molecule has 2 rings (SSSR count). The SMILES string of the molecule is COc1cccc(CC(=O)NCCSCc2ccccc2)c1. The Morgan fingerprint density at radius 2 is 1.86 bits per heavy atom. The number of amides is 1. The van der Waals surface area contributed by atoms with Crippen LogP contribution in [0.5, 0.6) is 5.75 Å². The Kier molecular flexibility index (Phi) is 6.84. The highest BCUT2D eigenvalue weighted by Gasteiger charge is 2.04. The molecule has 2 aromatic carbocycles. The molecule has 0 bridgehead atoms. The van der Waals surface area contributed by atoms with E-state index in [0.29, 0.717) is 13.0 Å². The van der Waals surface area contributed by atoms with Crippen LogP contribution in [0.2, 0.25) is 0 Å². The largest absolute Gasteiger partial charge is 0.497 e. The molecule has 0 heterocycles. The van der Waals surface area contributed by atoms with Gasteiger partial charge < -0.3 is 10.1 Å². The number of nitrogens with one attached hydrogen (secondary N) is 1. The van der Waals surface area contributed by atoms with Crippen LogP contribution in [-0.4, -0.2) is 25.3 Å². The van der Waals surface area contributed by atoms with E-state index in [4.69, 9.17) is 4.74 Å². The second-order valence-corrected chi connectivity index (χ2v) is 6.02. The van der Waals surface area contributed by atoms with Gasteiger partial charge in [-0.25, -0.2) is 0 Å². The molecule has 22 heavy (non-hydrogen) atoms. The highest BCUT2D eigenvalue weighted by atomic mass is 32.2. The van der Waals surface area contributed by atoms with E-state index in [-0.39, 0.29) is 5.91 Å². The zero-order valence-corrected chi connectivity index (χ0v) is 13.6. The predicted molar refractivity (Wildman–Crippen MR) is 92.3 cm³/mol. The van der Waals surface area contributed by atoms with E-state index in [2.05, 4.69) is 17.4 Å². The number of thioether (sulfide) groups is 1. The molecule has 0 unspecified atom stereocenters. The van der Waals surface area contributed by atoms with Crippen LogP contribution >= 0.6 is 11.8 Å². The van der Waals surface area contributed by atoms with E-state index in [1.807, 2.05) is 54.2 Å². The summed E-state index contributed by atoms with van der Waals surface area (Å²) in [5.41, 5.74) is 2.28. The molecule has 1 N–H and O–H groups in total. The van der Waals surface area contributed by atoms with Crippen molar-refractivity contribution in [2.45, 2.75) is 12.2 Å². The van der Waals surface area contributed by atoms with E-state index >= 15 is 0 Å². The lowest BCUT2D eigenvalue weighted by Crippen LogP contribution is -2.27. The van der Waals surface area contributed by atoms with Gasteiger partial charge in [0.05, 0.1) is 13.5 Å². The molecular weight excluding hydrogens is 294 g/mol. The molecule has 0 atom stereocenters. The summed E-state index contributed by atoms with van der Waals surface area (Å²) >= 11 is 1.83. The van der Waals surface area contributed by atoms with Gasteiger partial charge in [-0.15, -0.1) is 0 Å². The zero-order chi connectivity index (χ0) is 15.6. The lowest BCUT2D eigenvalue weighted by Gasteiger charge is -2.07. The Bertz CT molecular complexity index is 587. The van der Waals surface area contributed by atoms with Gasteiger partial charge in [-0.3, -0.25) is 4.79 Å². The van der Waals surface area contributed by atoms with Crippen molar-refractivity contribution in [1.82, 2.24) is 5.32 Å². The van der Waals surface area contributed by atoms with Crippen LogP contribution in [0.3, 0.4) is 0 Å². The molecule has 0 aliphatic carbocycles. The summed E-state index contributed by atoms with van der Waals surface area (Å²) in [7, 11) is 1.63. The van der Waals surface area contributed by atoms with E-state index in [1.165, 1.54) is 5.56 Å². The molecule has 116 valence electrons. The van der Waals surface area contributed by atoms with E-state index in [1.54, 1.807) is 7.11 Å². The lowest BCUT2D eigenvalue weighted by atomic mass is 10.1. The molecule has 0 fully saturated rings. The standard InChI is InChI=1S/C18H21NO2S/c1-21-17-9-5-8-16(12-17)13-18(20)19-10-11-22-14-15-6-3-2-4-7-15/h2-9,12H,10-11,13-14H2,1H3,(H,19,20). The Morgan fingerprint density at radius 3 is 2.64 bits per heavy atom. The molecule has 3 nitrogen and oxygen atoms in total. The minimum Gasteiger partial charge on any atom is -0.497 e. The lowest BCUT2D eigenvalue weighted by molar-refractivity contribution is -0.120. The Hall–Kier alpha value is -1.94. The summed E-state index contributed by atoms with van der Waals surface area (Å²) in [5, 5.41) is 2.95. The fourth-order valence-electron chi connectivity index (χ4n) is 2.06. The first-order valence-corrected chi connectivity index (χ1v) is 8.44. The molecule has 0 aromatic heterocycles. The van der Waals surface area contributed by atoms with E-state index in [9.17, 15) is 4.79 Å². The van der Waals surface area contributed by atoms with Crippen molar-refractivity contribution in [1.29, 1.82) is 0 Å². The van der Waals surface area contributed by atoms with Gasteiger partial charge in [0.1, 0.15) is 5.75 Å². The van der Waals surface area contributed by atoms with Gasteiger partial charge in [-0.2, -0.15) is 11.8 Å². The van der Waals surface area contributed by atoms with Crippen molar-refractivity contribution in [3.8, 4) is 5.75 Å². The van der Waals surface area contributed by atoms with Gasteiger partial charge >= 0.3 is 0 Å². The first-order valence-electron chi connectivity index (χ1n) is 7.29. The van der Waals surface area contributed by atoms with Crippen LogP contribution in [0.15, 0.2) is 54.6 Å². The average Bonchev–Trinajstić information content (AvgIpc) is 2.55. The number of hydrogen-bond donors (Lipinski definition) is 1. The topological polar surface area (TPSA) is 38.3 Å². The zero-order valence-electron chi connectivity index (χ0n) is 12.7. The highest BCUT2D eigenvalue weighted by Crippen LogP contribution is 2.13. The van der Waals surface area contributed by atoms with Crippen LogP contribution in [-0.2, 0) is 17.0 Å². The molecule has 4 heteroatoms. The first-order chi connectivity index (χ1) is 10.8. The quantitative estimate of drug-likeness (QED) is 0.760. The molecule has 0 spiro atoms. The summed E-state index contributed by atoms with van der Waals surface area (Å²) in [5.74, 6) is 2.73. The smallest absolute Gasteiger partial charge is 0.224 e. The highest BCUT2D eigenvalue weighted by molar-refractivity contribution is 7.98. The van der Waals surface area contributed by atoms with Crippen molar-refractivity contribution < 1.29 is 9.53 Å². The van der Waals surface area contributed by atoms with Crippen molar-refractivity contribution in [3.05, 3.63) is 65.7 Å². The minimum atomic E-state index is 0.0496. The summed E-state index contributed by atoms with van der Waals surface area (Å²) in [6, 6.07) is 18.0. The average molecular weight is 315 g/mol. The number of benzene rings is 2. The Balaban J connectivity index is 1.63. The van der Waals surface area contributed by atoms with Gasteiger partial charge in [0.2, 0.25) is 5.91 Å². The van der Waals surface area contributed by atoms with Crippen LogP contribution < -0.4 is 10.1 Å². The van der Waals surface area contributed by atoms with Crippen LogP contribution in [0.4, 0.5) is 0 Å². The number of carbonyl (C=O) groups is 1. The monoisotopic (exact) mass is 315 g/mol. The number of carbonyl (C=O) groups excluding carboxylic acids is 1. The van der Waals surface area contributed by atoms with E-state index in [0.717, 1.165) is 22.8 Å². The molecule has 0 aliphatic rings. The van der Waals surface area contributed by atoms with Crippen molar-refractivity contribution in [2.24, 2.45) is 0 Å². The summed E-state index contributed by atoms with van der Waals surface area (Å²) in [6.45, 7) is 0.695. The third-order valence-electron chi connectivity index (χ3n) is 3.18. The third kappa shape index (κ3) is 5.82. The van der Waals surface area contributed by atoms with Crippen LogP contribution in [0, 0.1) is 0 Å². The summed E-state index contributed by atoms with van der Waals surface area (Å²) < 4.78 is 5.16. The first kappa shape index (κ1) is 16.4. The van der Waals surface area contributed by atoms with E-state index < -0.39 is 0 Å². The summed E-state index contributed by atoms with van der Waals surface area (Å²) in [4.78, 5) is 11.9. The molecule has 0 saturated carbocycles. The summed E-state index contributed by atoms with van der Waals surface area (Å²) in [6.07, 6.45) is 0.389.